The molecule has 79 heavy (non-hydrogen) atoms. The van der Waals surface area contributed by atoms with Gasteiger partial charge in [-0.25, -0.2) is 4.79 Å². The van der Waals surface area contributed by atoms with Crippen LogP contribution in [0, 0.1) is 17.3 Å². The molecular formula is C61H81BN6O10P. The molecule has 18 heteroatoms. The first-order chi connectivity index (χ1) is 37.3. The summed E-state index contributed by atoms with van der Waals surface area (Å²) in [4.78, 5) is 85.9. The fourth-order valence-corrected chi connectivity index (χ4v) is 12.2. The molecule has 0 spiro atoms. The van der Waals surface area contributed by atoms with Crippen molar-refractivity contribution < 1.29 is 48.4 Å². The van der Waals surface area contributed by atoms with Crippen LogP contribution in [-0.2, 0) is 41.4 Å². The van der Waals surface area contributed by atoms with Crippen LogP contribution in [0.15, 0.2) is 84.9 Å². The van der Waals surface area contributed by atoms with E-state index in [2.05, 4.69) is 87.8 Å². The molecule has 4 aliphatic rings. The monoisotopic (exact) mass is 1100 g/mol. The number of nitrogens with one attached hydrogen (secondary N) is 5. The van der Waals surface area contributed by atoms with Gasteiger partial charge in [-0.15, -0.1) is 9.24 Å². The van der Waals surface area contributed by atoms with Gasteiger partial charge in [-0.3, -0.25) is 24.0 Å². The zero-order valence-electron chi connectivity index (χ0n) is 47.5. The van der Waals surface area contributed by atoms with Crippen molar-refractivity contribution >= 4 is 52.4 Å². The summed E-state index contributed by atoms with van der Waals surface area (Å²) in [7, 11) is 6.06. The van der Waals surface area contributed by atoms with Crippen molar-refractivity contribution in [1.29, 1.82) is 0 Å². The SMILES string of the molecule is CCCCc1ccc(-c2ccc(C(=O)NC(CCCCNC(=O)OC(C)(C)C)C(=O)N(C)C3C(=O)NC(C)C(=O)NC(C(=O)NC(C)[B]OC4CC5CC(C5(C)C)C4(C)P)Cc4ccc(O)c(c4)-c4cc3ccc4O)cc2)cc1. The van der Waals surface area contributed by atoms with E-state index in [-0.39, 0.29) is 64.3 Å². The highest BCUT2D eigenvalue weighted by Gasteiger charge is 2.61. The molecule has 423 valence electrons. The van der Waals surface area contributed by atoms with Gasteiger partial charge in [-0.2, -0.15) is 0 Å². The smallest absolute Gasteiger partial charge is 0.407 e. The normalized spacial score (nSPS) is 23.2. The second-order valence-corrected chi connectivity index (χ2v) is 25.0. The summed E-state index contributed by atoms with van der Waals surface area (Å²) in [5.74, 6) is -3.15. The van der Waals surface area contributed by atoms with Gasteiger partial charge in [0.1, 0.15) is 41.3 Å². The highest BCUT2D eigenvalue weighted by Crippen LogP contribution is 2.65. The van der Waals surface area contributed by atoms with E-state index in [9.17, 15) is 34.2 Å². The molecule has 6 bridgehead atoms. The number of ether oxygens (including phenoxy) is 1. The lowest BCUT2D eigenvalue weighted by molar-refractivity contribution is -0.141. The van der Waals surface area contributed by atoms with Crippen LogP contribution in [0.5, 0.6) is 11.5 Å². The molecule has 0 saturated heterocycles. The maximum Gasteiger partial charge on any atom is 0.407 e. The van der Waals surface area contributed by atoms with Crippen LogP contribution in [0.25, 0.3) is 22.3 Å². The Balaban J connectivity index is 1.12. The van der Waals surface area contributed by atoms with Crippen LogP contribution in [0.1, 0.15) is 140 Å². The van der Waals surface area contributed by atoms with Crippen molar-refractivity contribution in [3.05, 3.63) is 107 Å². The first-order valence-electron chi connectivity index (χ1n) is 27.8. The molecular weight excluding hydrogens is 1020 g/mol. The van der Waals surface area contributed by atoms with Gasteiger partial charge in [-0.1, -0.05) is 82.6 Å². The highest BCUT2D eigenvalue weighted by molar-refractivity contribution is 7.19. The minimum absolute atomic E-state index is 0.0224. The summed E-state index contributed by atoms with van der Waals surface area (Å²) in [6.07, 6.45) is 5.46. The molecule has 1 radical (unpaired) electrons. The molecule has 8 rings (SSSR count). The largest absolute Gasteiger partial charge is 0.507 e. The number of carbonyl (C=O) groups excluding carboxylic acids is 6. The van der Waals surface area contributed by atoms with Gasteiger partial charge in [0, 0.05) is 53.9 Å². The number of aryl methyl sites for hydroxylation is 1. The lowest BCUT2D eigenvalue weighted by atomic mass is 9.44. The number of aromatic hydroxyl groups is 2. The van der Waals surface area contributed by atoms with Gasteiger partial charge in [0.25, 0.3) is 5.91 Å². The Kier molecular flexibility index (Phi) is 19.3. The molecule has 6 amide bonds. The summed E-state index contributed by atoms with van der Waals surface area (Å²) >= 11 is 0. The van der Waals surface area contributed by atoms with E-state index in [0.717, 1.165) is 43.2 Å². The van der Waals surface area contributed by atoms with E-state index in [4.69, 9.17) is 9.39 Å². The van der Waals surface area contributed by atoms with Gasteiger partial charge >= 0.3 is 13.6 Å². The van der Waals surface area contributed by atoms with E-state index in [1.807, 2.05) is 12.1 Å². The number of rotatable bonds is 18. The average Bonchev–Trinajstić information content (AvgIpc) is 3.57. The van der Waals surface area contributed by atoms with Crippen LogP contribution in [0.3, 0.4) is 0 Å². The number of benzene rings is 4. The lowest BCUT2D eigenvalue weighted by Gasteiger charge is -2.66. The molecule has 3 saturated carbocycles. The van der Waals surface area contributed by atoms with Crippen LogP contribution < -0.4 is 26.6 Å². The Morgan fingerprint density at radius 3 is 2.13 bits per heavy atom. The zero-order chi connectivity index (χ0) is 57.6. The molecule has 4 aromatic carbocycles. The number of likely N-dealkylation sites (N-methyl/N-ethyl adjacent to an activating group) is 1. The molecule has 10 unspecified atom stereocenters. The first-order valence-corrected chi connectivity index (χ1v) is 28.4. The highest BCUT2D eigenvalue weighted by atomic mass is 31.0. The minimum atomic E-state index is -1.46. The quantitative estimate of drug-likeness (QED) is 0.0286. The lowest BCUT2D eigenvalue weighted by Crippen LogP contribution is -2.64. The molecule has 3 fully saturated rings. The summed E-state index contributed by atoms with van der Waals surface area (Å²) in [6, 6.07) is 19.3. The standard InChI is InChI=1S/C61H81BN6O10P/c1-11-12-15-37-17-20-39(21-18-37)40-22-24-41(25-23-40)54(72)66-46(16-13-14-29-63-58(76)77-59(4,5)6)57(75)68(10)52-42-26-28-49(70)45(32-42)44-30-38(19-27-48(44)69)31-47(67-53(71)35(2)64-56(52)74)55(73)65-36(3)62-78-51-34-43-33-50(60(43,7)8)61(51,9)79/h17-28,30,32,35-36,43,46-47,50-52,69-70H,11-16,29,31,33-34,79H2,1-10H3,(H,63,76)(H,64,74)(H,65,73)(H,66,72)(H,67,71). The molecule has 7 N–H and O–H groups in total. The van der Waals surface area contributed by atoms with E-state index in [1.165, 1.54) is 48.7 Å². The Morgan fingerprint density at radius 2 is 1.49 bits per heavy atom. The van der Waals surface area contributed by atoms with Gasteiger partial charge in [0.15, 0.2) is 0 Å². The maximum atomic E-state index is 15.0. The fourth-order valence-electron chi connectivity index (χ4n) is 11.4. The predicted octanol–water partition coefficient (Wildman–Crippen LogP) is 8.48. The number of fused-ring (bicyclic) bond motifs is 7. The molecule has 4 aromatic rings. The number of amides is 6. The third kappa shape index (κ3) is 14.7. The van der Waals surface area contributed by atoms with E-state index in [0.29, 0.717) is 35.8 Å². The second kappa shape index (κ2) is 25.3. The average molecular weight is 1100 g/mol. The van der Waals surface area contributed by atoms with Crippen LogP contribution >= 0.6 is 9.24 Å². The zero-order valence-corrected chi connectivity index (χ0v) is 48.7. The number of alkyl carbamates (subject to hydrolysis) is 1. The Hall–Kier alpha value is -6.45. The first kappa shape index (κ1) is 60.2. The van der Waals surface area contributed by atoms with Gasteiger partial charge in [0.05, 0.1) is 0 Å². The van der Waals surface area contributed by atoms with E-state index >= 15 is 4.79 Å². The minimum Gasteiger partial charge on any atom is -0.507 e. The third-order valence-electron chi connectivity index (χ3n) is 16.2. The van der Waals surface area contributed by atoms with Crippen LogP contribution in [0.2, 0.25) is 0 Å². The molecule has 1 aliphatic heterocycles. The van der Waals surface area contributed by atoms with Crippen molar-refractivity contribution in [1.82, 2.24) is 31.5 Å². The fraction of sp³-hybridized carbons (Fsp3) is 0.508. The number of hydrogen-bond donors (Lipinski definition) is 7. The molecule has 3 aliphatic carbocycles. The topological polar surface area (TPSA) is 225 Å². The summed E-state index contributed by atoms with van der Waals surface area (Å²) in [6.45, 7) is 17.8. The number of unbranched alkanes of at least 4 members (excludes halogenated alkanes) is 2. The number of nitrogens with zero attached hydrogens (tertiary/aromatic N) is 1. The van der Waals surface area contributed by atoms with Gasteiger partial charge in [0.2, 0.25) is 23.6 Å². The van der Waals surface area contributed by atoms with Crippen molar-refractivity contribution in [2.24, 2.45) is 17.3 Å². The second-order valence-electron chi connectivity index (χ2n) is 23.8. The third-order valence-corrected chi connectivity index (χ3v) is 16.9. The van der Waals surface area contributed by atoms with Gasteiger partial charge in [-0.05, 0) is 161 Å². The van der Waals surface area contributed by atoms with Crippen LogP contribution in [0.4, 0.5) is 4.79 Å². The van der Waals surface area contributed by atoms with Crippen molar-refractivity contribution in [3.63, 3.8) is 0 Å². The number of hydrogen-bond acceptors (Lipinski definition) is 10. The number of carbonyl (C=O) groups is 6. The Labute approximate surface area is 469 Å². The van der Waals surface area contributed by atoms with E-state index in [1.54, 1.807) is 59.4 Å². The molecule has 1 heterocycles. The summed E-state index contributed by atoms with van der Waals surface area (Å²) in [5, 5.41) is 36.7. The molecule has 0 aromatic heterocycles. The van der Waals surface area contributed by atoms with Crippen molar-refractivity contribution in [2.75, 3.05) is 13.6 Å². The maximum absolute atomic E-state index is 15.0. The van der Waals surface area contributed by atoms with E-state index < -0.39 is 71.3 Å². The van der Waals surface area contributed by atoms with Crippen molar-refractivity contribution in [3.8, 4) is 33.8 Å². The Morgan fingerprint density at radius 1 is 0.848 bits per heavy atom. The molecule has 16 nitrogen and oxygen atoms in total. The Bertz CT molecular complexity index is 2860. The number of phenols is 2. The van der Waals surface area contributed by atoms with Crippen molar-refractivity contribution in [2.45, 2.75) is 167 Å². The summed E-state index contributed by atoms with van der Waals surface area (Å²) < 4.78 is 11.8. The molecule has 10 atom stereocenters. The summed E-state index contributed by atoms with van der Waals surface area (Å²) in [5.41, 5.74) is 4.04. The van der Waals surface area contributed by atoms with Crippen LogP contribution in [-0.4, -0.2) is 113 Å². The number of phenolic OH excluding ortho intramolecular Hbond substituents is 2. The van der Waals surface area contributed by atoms with Gasteiger partial charge < -0.3 is 51.1 Å². The predicted molar refractivity (Wildman–Crippen MR) is 310 cm³/mol.